The molecule has 0 aliphatic carbocycles. The molecule has 5 N–H and O–H groups in total. The van der Waals surface area contributed by atoms with Crippen LogP contribution in [0, 0.1) is 17.2 Å². The number of nitrogen functional groups attached to an aromatic ring is 2. The van der Waals surface area contributed by atoms with Crippen LogP contribution in [0.5, 0.6) is 0 Å². The maximum atomic E-state index is 13.8. The van der Waals surface area contributed by atoms with Gasteiger partial charge in [0.1, 0.15) is 23.3 Å². The lowest BCUT2D eigenvalue weighted by Crippen LogP contribution is -2.31. The molecule has 190 valence electrons. The lowest BCUT2D eigenvalue weighted by molar-refractivity contribution is 0.509. The molecule has 0 aliphatic heterocycles. The van der Waals surface area contributed by atoms with E-state index in [1.807, 2.05) is 65.8 Å². The van der Waals surface area contributed by atoms with Crippen molar-refractivity contribution in [1.29, 1.82) is 5.26 Å². The number of hydrogen-bond donors (Lipinski definition) is 3. The van der Waals surface area contributed by atoms with Gasteiger partial charge in [0.2, 0.25) is 5.95 Å². The summed E-state index contributed by atoms with van der Waals surface area (Å²) in [6.07, 6.45) is 6.18. The molecule has 0 bridgehead atoms. The van der Waals surface area contributed by atoms with Gasteiger partial charge in [0, 0.05) is 5.70 Å². The fourth-order valence-electron chi connectivity index (χ4n) is 3.64. The van der Waals surface area contributed by atoms with Crippen molar-refractivity contribution in [3.8, 4) is 6.07 Å². The molecule has 0 spiro atoms. The van der Waals surface area contributed by atoms with Gasteiger partial charge in [0.05, 0.1) is 22.0 Å². The SMILES string of the molecule is C/C=C\C=C(/CC)n1c(C(Nc2nc(N)nc(N)c2C#N)C(C)C)nc2cccc(Cl)c2c1=O.CC. The summed E-state index contributed by atoms with van der Waals surface area (Å²) in [6, 6.07) is 6.65. The molecule has 1 aromatic carbocycles. The molecule has 2 aromatic heterocycles. The summed E-state index contributed by atoms with van der Waals surface area (Å²) >= 11 is 6.40. The van der Waals surface area contributed by atoms with E-state index >= 15 is 0 Å². The lowest BCUT2D eigenvalue weighted by atomic mass is 10.0. The van der Waals surface area contributed by atoms with Crippen molar-refractivity contribution in [3.63, 3.8) is 0 Å². The molecule has 1 atom stereocenters. The van der Waals surface area contributed by atoms with E-state index in [9.17, 15) is 10.1 Å². The predicted molar refractivity (Wildman–Crippen MR) is 149 cm³/mol. The highest BCUT2D eigenvalue weighted by Gasteiger charge is 2.27. The highest BCUT2D eigenvalue weighted by atomic mass is 35.5. The Bertz CT molecular complexity index is 1390. The zero-order valence-electron chi connectivity index (χ0n) is 21.5. The lowest BCUT2D eigenvalue weighted by Gasteiger charge is -2.27. The van der Waals surface area contributed by atoms with Crippen LogP contribution in [0.2, 0.25) is 5.02 Å². The average molecular weight is 509 g/mol. The van der Waals surface area contributed by atoms with Gasteiger partial charge in [-0.25, -0.2) is 4.98 Å². The summed E-state index contributed by atoms with van der Waals surface area (Å²) in [7, 11) is 0. The summed E-state index contributed by atoms with van der Waals surface area (Å²) < 4.78 is 1.58. The number of nitriles is 1. The van der Waals surface area contributed by atoms with E-state index in [-0.39, 0.29) is 34.6 Å². The molecular weight excluding hydrogens is 476 g/mol. The summed E-state index contributed by atoms with van der Waals surface area (Å²) in [6.45, 7) is 11.8. The monoisotopic (exact) mass is 508 g/mol. The van der Waals surface area contributed by atoms with Gasteiger partial charge in [-0.2, -0.15) is 15.2 Å². The number of fused-ring (bicyclic) bond motifs is 1. The van der Waals surface area contributed by atoms with Gasteiger partial charge in [-0.15, -0.1) is 0 Å². The number of allylic oxidation sites excluding steroid dienone is 4. The van der Waals surface area contributed by atoms with Crippen molar-refractivity contribution < 1.29 is 0 Å². The van der Waals surface area contributed by atoms with E-state index in [0.29, 0.717) is 28.2 Å². The number of aromatic nitrogens is 4. The van der Waals surface area contributed by atoms with E-state index < -0.39 is 6.04 Å². The smallest absolute Gasteiger partial charge is 0.267 e. The molecule has 0 fully saturated rings. The van der Waals surface area contributed by atoms with Crippen LogP contribution < -0.4 is 22.3 Å². The quantitative estimate of drug-likeness (QED) is 0.352. The molecular formula is C26H33ClN8O. The van der Waals surface area contributed by atoms with Crippen LogP contribution in [0.15, 0.2) is 41.2 Å². The molecule has 36 heavy (non-hydrogen) atoms. The van der Waals surface area contributed by atoms with Gasteiger partial charge in [-0.05, 0) is 37.5 Å². The fourth-order valence-corrected chi connectivity index (χ4v) is 3.89. The third-order valence-corrected chi connectivity index (χ3v) is 5.62. The molecule has 1 unspecified atom stereocenters. The first kappa shape index (κ1) is 28.3. The van der Waals surface area contributed by atoms with Crippen LogP contribution in [0.4, 0.5) is 17.6 Å². The molecule has 10 heteroatoms. The summed E-state index contributed by atoms with van der Waals surface area (Å²) in [5.41, 5.74) is 12.7. The zero-order valence-corrected chi connectivity index (χ0v) is 22.3. The first-order valence-corrected chi connectivity index (χ1v) is 12.2. The van der Waals surface area contributed by atoms with E-state index in [2.05, 4.69) is 15.3 Å². The van der Waals surface area contributed by atoms with E-state index in [0.717, 1.165) is 5.70 Å². The Kier molecular flexibility index (Phi) is 10.00. The van der Waals surface area contributed by atoms with E-state index in [1.165, 1.54) is 0 Å². The average Bonchev–Trinajstić information content (AvgIpc) is 2.84. The highest BCUT2D eigenvalue weighted by Crippen LogP contribution is 2.31. The third-order valence-electron chi connectivity index (χ3n) is 5.31. The minimum Gasteiger partial charge on any atom is -0.382 e. The van der Waals surface area contributed by atoms with Gasteiger partial charge in [-0.1, -0.05) is 64.4 Å². The van der Waals surface area contributed by atoms with Crippen molar-refractivity contribution >= 4 is 45.8 Å². The predicted octanol–water partition coefficient (Wildman–Crippen LogP) is 5.54. The largest absolute Gasteiger partial charge is 0.382 e. The number of benzene rings is 1. The summed E-state index contributed by atoms with van der Waals surface area (Å²) in [5, 5.41) is 13.5. The Morgan fingerprint density at radius 2 is 1.94 bits per heavy atom. The Hall–Kier alpha value is -3.90. The Labute approximate surface area is 216 Å². The van der Waals surface area contributed by atoms with E-state index in [1.54, 1.807) is 22.8 Å². The Balaban J connectivity index is 0.00000222. The van der Waals surface area contributed by atoms with Crippen LogP contribution >= 0.6 is 11.6 Å². The Morgan fingerprint density at radius 1 is 1.25 bits per heavy atom. The van der Waals surface area contributed by atoms with Crippen molar-refractivity contribution in [3.05, 3.63) is 63.2 Å². The van der Waals surface area contributed by atoms with Crippen molar-refractivity contribution in [2.24, 2.45) is 5.92 Å². The summed E-state index contributed by atoms with van der Waals surface area (Å²) in [5.74, 6) is 0.455. The first-order chi connectivity index (χ1) is 17.2. The van der Waals surface area contributed by atoms with Gasteiger partial charge in [-0.3, -0.25) is 9.36 Å². The van der Waals surface area contributed by atoms with Gasteiger partial charge < -0.3 is 16.8 Å². The number of nitrogens with zero attached hydrogens (tertiary/aromatic N) is 5. The van der Waals surface area contributed by atoms with Crippen molar-refractivity contribution in [2.45, 2.75) is 54.0 Å². The zero-order chi connectivity index (χ0) is 27.0. The number of nitrogens with two attached hydrogens (primary N) is 2. The molecule has 0 amide bonds. The number of anilines is 3. The standard InChI is InChI=1S/C24H27ClN8O.C2H6/c1-5-7-9-14(6-2)33-22(29-17-11-8-10-16(25)18(17)23(33)34)19(13(3)4)30-21-15(12-26)20(27)31-24(28)32-21;1-2/h5,7-11,13,19H,6H2,1-4H3,(H5,27,28,30,31,32);1-2H3/b7-5-,14-9+;. The normalized spacial score (nSPS) is 12.4. The highest BCUT2D eigenvalue weighted by molar-refractivity contribution is 6.35. The van der Waals surface area contributed by atoms with Gasteiger partial charge >= 0.3 is 0 Å². The number of rotatable bonds is 7. The molecule has 3 aromatic rings. The van der Waals surface area contributed by atoms with Crippen LogP contribution in [-0.2, 0) is 0 Å². The van der Waals surface area contributed by atoms with Gasteiger partial charge in [0.25, 0.3) is 5.56 Å². The minimum atomic E-state index is -0.530. The molecule has 0 saturated heterocycles. The summed E-state index contributed by atoms with van der Waals surface area (Å²) in [4.78, 5) is 26.7. The molecule has 0 radical (unpaired) electrons. The van der Waals surface area contributed by atoms with E-state index in [4.69, 9.17) is 28.1 Å². The molecule has 0 aliphatic rings. The third kappa shape index (κ3) is 5.83. The first-order valence-electron chi connectivity index (χ1n) is 11.9. The number of nitrogens with one attached hydrogen (secondary N) is 1. The fraction of sp³-hybridized carbons (Fsp3) is 0.346. The van der Waals surface area contributed by atoms with Crippen LogP contribution in [0.25, 0.3) is 16.6 Å². The second kappa shape index (κ2) is 12.7. The van der Waals surface area contributed by atoms with Crippen molar-refractivity contribution in [1.82, 2.24) is 19.5 Å². The maximum absolute atomic E-state index is 13.8. The second-order valence-electron chi connectivity index (χ2n) is 7.95. The molecule has 3 rings (SSSR count). The molecule has 9 nitrogen and oxygen atoms in total. The minimum absolute atomic E-state index is 0.0297. The van der Waals surface area contributed by atoms with Crippen LogP contribution in [0.3, 0.4) is 0 Å². The van der Waals surface area contributed by atoms with Crippen LogP contribution in [0.1, 0.15) is 65.4 Å². The number of hydrogen-bond acceptors (Lipinski definition) is 8. The molecule has 2 heterocycles. The molecule has 0 saturated carbocycles. The topological polar surface area (TPSA) is 149 Å². The Morgan fingerprint density at radius 3 is 2.53 bits per heavy atom. The van der Waals surface area contributed by atoms with Crippen LogP contribution in [-0.4, -0.2) is 19.5 Å². The van der Waals surface area contributed by atoms with Gasteiger partial charge in [0.15, 0.2) is 5.82 Å². The van der Waals surface area contributed by atoms with Crippen molar-refractivity contribution in [2.75, 3.05) is 16.8 Å². The number of halogens is 1. The maximum Gasteiger partial charge on any atom is 0.267 e. The second-order valence-corrected chi connectivity index (χ2v) is 8.36.